The summed E-state index contributed by atoms with van der Waals surface area (Å²) in [6, 6.07) is 4.67. The number of aryl methyl sites for hydroxylation is 1. The summed E-state index contributed by atoms with van der Waals surface area (Å²) in [5.74, 6) is 0.0651. The maximum absolute atomic E-state index is 13.9. The lowest BCUT2D eigenvalue weighted by Gasteiger charge is -2.30. The minimum absolute atomic E-state index is 0.110. The van der Waals surface area contributed by atoms with Crippen molar-refractivity contribution in [1.29, 1.82) is 0 Å². The Morgan fingerprint density at radius 2 is 2.12 bits per heavy atom. The first-order valence-corrected chi connectivity index (χ1v) is 14.3. The number of allylic oxidation sites excluding steroid dienone is 1. The second-order valence-corrected chi connectivity index (χ2v) is 11.0. The fraction of sp³-hybridized carbons (Fsp3) is 0.429. The monoisotopic (exact) mass is 625 g/mol. The fourth-order valence-corrected chi connectivity index (χ4v) is 5.68. The number of carbonyl (C=O) groups is 2. The van der Waals surface area contributed by atoms with Crippen LogP contribution in [0.25, 0.3) is 16.5 Å². The Kier molecular flexibility index (Phi) is 9.38. The number of hydrogen-bond acceptors (Lipinski definition) is 9. The summed E-state index contributed by atoms with van der Waals surface area (Å²) in [5, 5.41) is 22.6. The van der Waals surface area contributed by atoms with Crippen molar-refractivity contribution in [3.63, 3.8) is 0 Å². The summed E-state index contributed by atoms with van der Waals surface area (Å²) in [7, 11) is 1.67. The van der Waals surface area contributed by atoms with E-state index in [1.165, 1.54) is 10.9 Å². The first-order chi connectivity index (χ1) is 19.6. The number of pyridine rings is 2. The number of likely N-dealkylation sites (tertiary alicyclic amines) is 1. The molecule has 12 nitrogen and oxygen atoms in total. The molecule has 1 aliphatic rings. The molecular formula is C28H36BrN9O3. The zero-order valence-electron chi connectivity index (χ0n) is 23.8. The van der Waals surface area contributed by atoms with E-state index in [0.717, 1.165) is 5.56 Å². The first-order valence-electron chi connectivity index (χ1n) is 13.5. The molecule has 13 heteroatoms. The van der Waals surface area contributed by atoms with E-state index in [1.807, 2.05) is 26.0 Å². The van der Waals surface area contributed by atoms with Crippen LogP contribution in [0.15, 0.2) is 40.3 Å². The van der Waals surface area contributed by atoms with Crippen LogP contribution in [-0.4, -0.2) is 66.9 Å². The predicted molar refractivity (Wildman–Crippen MR) is 162 cm³/mol. The van der Waals surface area contributed by atoms with Crippen molar-refractivity contribution in [2.24, 2.45) is 16.8 Å². The van der Waals surface area contributed by atoms with Gasteiger partial charge >= 0.3 is 0 Å². The second-order valence-electron chi connectivity index (χ2n) is 10.2. The van der Waals surface area contributed by atoms with Gasteiger partial charge in [-0.2, -0.15) is 10.2 Å². The van der Waals surface area contributed by atoms with Gasteiger partial charge in [-0.05, 0) is 66.2 Å². The van der Waals surface area contributed by atoms with Gasteiger partial charge in [0, 0.05) is 30.2 Å². The number of amides is 2. The highest BCUT2D eigenvalue weighted by Crippen LogP contribution is 2.34. The van der Waals surface area contributed by atoms with Crippen molar-refractivity contribution in [1.82, 2.24) is 30.1 Å². The Bertz CT molecular complexity index is 1500. The predicted octanol–water partition coefficient (Wildman–Crippen LogP) is 3.11. The summed E-state index contributed by atoms with van der Waals surface area (Å²) in [4.78, 5) is 38.0. The van der Waals surface area contributed by atoms with Gasteiger partial charge < -0.3 is 26.5 Å². The Hall–Kier alpha value is -3.84. The zero-order chi connectivity index (χ0) is 29.8. The molecule has 1 saturated heterocycles. The highest BCUT2D eigenvalue weighted by Gasteiger charge is 2.44. The Labute approximate surface area is 247 Å². The third-order valence-electron chi connectivity index (χ3n) is 7.41. The number of aliphatic hydroxyl groups is 1. The van der Waals surface area contributed by atoms with Crippen LogP contribution in [0.2, 0.25) is 0 Å². The van der Waals surface area contributed by atoms with Crippen LogP contribution >= 0.6 is 15.9 Å². The van der Waals surface area contributed by atoms with Crippen LogP contribution in [-0.2, 0) is 16.1 Å². The standard InChI is InChI=1S/C28H36BrN9O3/c1-6-21-16(3)9-22(28(41)35-27-15(2)7-8-24(29)34-27)38(21)25(40)14-37-23-13-32-20(18(11-30)12-33-31-5)10-19(23)26(36-37)17(4)39/h7-8,10-13,16-17,21-22,31,39H,6,9,14,30H2,1-5H3,(H,34,35,41)/t16-,17?,21+,22-/m0/s1. The van der Waals surface area contributed by atoms with E-state index < -0.39 is 12.1 Å². The summed E-state index contributed by atoms with van der Waals surface area (Å²) >= 11 is 3.35. The van der Waals surface area contributed by atoms with Crippen LogP contribution in [0.3, 0.4) is 0 Å². The van der Waals surface area contributed by atoms with Gasteiger partial charge in [-0.3, -0.25) is 19.3 Å². The third-order valence-corrected chi connectivity index (χ3v) is 7.85. The molecule has 5 N–H and O–H groups in total. The maximum atomic E-state index is 13.9. The van der Waals surface area contributed by atoms with Crippen LogP contribution < -0.4 is 16.5 Å². The minimum Gasteiger partial charge on any atom is -0.404 e. The topological polar surface area (TPSA) is 164 Å². The fourth-order valence-electron chi connectivity index (χ4n) is 5.37. The third kappa shape index (κ3) is 6.25. The van der Waals surface area contributed by atoms with E-state index >= 15 is 0 Å². The Morgan fingerprint density at radius 3 is 2.78 bits per heavy atom. The van der Waals surface area contributed by atoms with Crippen LogP contribution in [0.5, 0.6) is 0 Å². The number of nitrogens with one attached hydrogen (secondary N) is 2. The molecule has 4 atom stereocenters. The van der Waals surface area contributed by atoms with Gasteiger partial charge in [-0.15, -0.1) is 0 Å². The normalized spacial score (nSPS) is 20.1. The Morgan fingerprint density at radius 1 is 1.37 bits per heavy atom. The van der Waals surface area contributed by atoms with E-state index in [1.54, 1.807) is 37.3 Å². The molecule has 0 aromatic carbocycles. The van der Waals surface area contributed by atoms with Gasteiger partial charge in [-0.1, -0.05) is 19.9 Å². The van der Waals surface area contributed by atoms with Gasteiger partial charge in [-0.25, -0.2) is 4.98 Å². The van der Waals surface area contributed by atoms with Gasteiger partial charge in [0.25, 0.3) is 0 Å². The second kappa shape index (κ2) is 12.8. The van der Waals surface area contributed by atoms with Crippen molar-refractivity contribution in [3.8, 4) is 0 Å². The van der Waals surface area contributed by atoms with Crippen LogP contribution in [0, 0.1) is 12.8 Å². The number of carbonyl (C=O) groups excluding carboxylic acids is 2. The van der Waals surface area contributed by atoms with Crippen molar-refractivity contribution < 1.29 is 14.7 Å². The molecule has 1 unspecified atom stereocenters. The van der Waals surface area contributed by atoms with Crippen LogP contribution in [0.1, 0.15) is 56.7 Å². The molecule has 0 saturated carbocycles. The van der Waals surface area contributed by atoms with Crippen molar-refractivity contribution in [2.75, 3.05) is 12.4 Å². The summed E-state index contributed by atoms with van der Waals surface area (Å²) in [6.07, 6.45) is 4.88. The average molecular weight is 627 g/mol. The molecule has 0 aliphatic carbocycles. The van der Waals surface area contributed by atoms with E-state index in [4.69, 9.17) is 5.73 Å². The van der Waals surface area contributed by atoms with Crippen LogP contribution in [0.4, 0.5) is 5.82 Å². The number of hydrazone groups is 1. The minimum atomic E-state index is -0.893. The number of rotatable bonds is 9. The molecule has 3 aromatic rings. The number of aliphatic hydroxyl groups excluding tert-OH is 1. The number of halogens is 1. The molecular weight excluding hydrogens is 590 g/mol. The summed E-state index contributed by atoms with van der Waals surface area (Å²) in [5.41, 5.74) is 11.4. The summed E-state index contributed by atoms with van der Waals surface area (Å²) < 4.78 is 2.14. The molecule has 1 fully saturated rings. The van der Waals surface area contributed by atoms with Crippen molar-refractivity contribution in [3.05, 3.63) is 52.2 Å². The quantitative estimate of drug-likeness (QED) is 0.160. The molecule has 0 bridgehead atoms. The number of aromatic nitrogens is 4. The smallest absolute Gasteiger partial charge is 0.248 e. The number of fused-ring (bicyclic) bond motifs is 1. The molecule has 218 valence electrons. The number of nitrogens with zero attached hydrogens (tertiary/aromatic N) is 6. The van der Waals surface area contributed by atoms with Gasteiger partial charge in [0.2, 0.25) is 11.8 Å². The number of anilines is 1. The molecule has 3 aromatic heterocycles. The zero-order valence-corrected chi connectivity index (χ0v) is 25.4. The van der Waals surface area contributed by atoms with E-state index in [0.29, 0.717) is 51.1 Å². The van der Waals surface area contributed by atoms with E-state index in [9.17, 15) is 14.7 Å². The Balaban J connectivity index is 1.66. The SMILES string of the molecule is CC[C@@H]1[C@@H](C)C[C@@H](C(=O)Nc2nc(Br)ccc2C)N1C(=O)Cn1nc(C(C)O)c2cc(C(C=NNC)=CN)ncc21. The maximum Gasteiger partial charge on any atom is 0.248 e. The lowest BCUT2D eigenvalue weighted by molar-refractivity contribution is -0.139. The van der Waals surface area contributed by atoms with Gasteiger partial charge in [0.15, 0.2) is 0 Å². The lowest BCUT2D eigenvalue weighted by Crippen LogP contribution is -2.48. The molecule has 2 amide bonds. The van der Waals surface area contributed by atoms with Gasteiger partial charge in [0.05, 0.1) is 35.4 Å². The number of hydrogen-bond donors (Lipinski definition) is 4. The summed E-state index contributed by atoms with van der Waals surface area (Å²) in [6.45, 7) is 7.44. The number of nitrogens with two attached hydrogens (primary N) is 1. The molecule has 4 rings (SSSR count). The van der Waals surface area contributed by atoms with Crippen molar-refractivity contribution >= 4 is 56.3 Å². The molecule has 0 spiro atoms. The lowest BCUT2D eigenvalue weighted by atomic mass is 9.99. The highest BCUT2D eigenvalue weighted by atomic mass is 79.9. The van der Waals surface area contributed by atoms with E-state index in [2.05, 4.69) is 53.8 Å². The molecule has 41 heavy (non-hydrogen) atoms. The average Bonchev–Trinajstić information content (AvgIpc) is 3.48. The van der Waals surface area contributed by atoms with Crippen molar-refractivity contribution in [2.45, 2.75) is 65.3 Å². The highest BCUT2D eigenvalue weighted by molar-refractivity contribution is 9.10. The van der Waals surface area contributed by atoms with Gasteiger partial charge in [0.1, 0.15) is 23.0 Å². The molecule has 1 aliphatic heterocycles. The van der Waals surface area contributed by atoms with E-state index in [-0.39, 0.29) is 30.3 Å². The first kappa shape index (κ1) is 30.1. The molecule has 0 radical (unpaired) electrons. The largest absolute Gasteiger partial charge is 0.404 e. The molecule has 4 heterocycles.